The van der Waals surface area contributed by atoms with E-state index >= 15 is 0 Å². The maximum absolute atomic E-state index is 13.7. The van der Waals surface area contributed by atoms with E-state index in [4.69, 9.17) is 4.74 Å². The molecule has 0 amide bonds. The summed E-state index contributed by atoms with van der Waals surface area (Å²) in [5, 5.41) is 18.9. The molecule has 3 N–H and O–H groups in total. The van der Waals surface area contributed by atoms with Gasteiger partial charge < -0.3 is 20.5 Å². The van der Waals surface area contributed by atoms with E-state index in [2.05, 4.69) is 15.6 Å². The number of benzene rings is 1. The molecule has 1 atom stereocenters. The molecule has 0 aliphatic rings. The van der Waals surface area contributed by atoms with Gasteiger partial charge in [0.05, 0.1) is 19.7 Å². The summed E-state index contributed by atoms with van der Waals surface area (Å²) in [5.74, 6) is 0.318. The Bertz CT molecular complexity index is 724. The Kier molecular flexibility index (Phi) is 10.2. The summed E-state index contributed by atoms with van der Waals surface area (Å²) >= 11 is 1.52. The van der Waals surface area contributed by atoms with E-state index < -0.39 is 5.60 Å². The number of ether oxygens (including phenoxy) is 1. The molecule has 0 saturated carbocycles. The van der Waals surface area contributed by atoms with Crippen molar-refractivity contribution in [3.8, 4) is 0 Å². The van der Waals surface area contributed by atoms with Crippen molar-refractivity contribution < 1.29 is 14.2 Å². The van der Waals surface area contributed by atoms with Crippen molar-refractivity contribution in [2.24, 2.45) is 4.99 Å². The summed E-state index contributed by atoms with van der Waals surface area (Å²) < 4.78 is 18.7. The molecular weight excluding hydrogens is 480 g/mol. The second-order valence-corrected chi connectivity index (χ2v) is 7.11. The van der Waals surface area contributed by atoms with E-state index in [0.29, 0.717) is 31.2 Å². The van der Waals surface area contributed by atoms with Crippen molar-refractivity contribution in [2.75, 3.05) is 20.2 Å². The molecule has 27 heavy (non-hydrogen) atoms. The highest BCUT2D eigenvalue weighted by Crippen LogP contribution is 2.24. The van der Waals surface area contributed by atoms with E-state index in [9.17, 15) is 9.50 Å². The normalized spacial score (nSPS) is 13.6. The van der Waals surface area contributed by atoms with E-state index in [1.165, 1.54) is 24.5 Å². The van der Waals surface area contributed by atoms with Gasteiger partial charge in [-0.3, -0.25) is 0 Å². The maximum Gasteiger partial charge on any atom is 0.191 e. The minimum absolute atomic E-state index is 0. The van der Waals surface area contributed by atoms with Gasteiger partial charge in [-0.05, 0) is 43.0 Å². The molecule has 150 valence electrons. The number of nitrogens with zero attached hydrogens (tertiary/aromatic N) is 1. The third kappa shape index (κ3) is 7.36. The number of hydrogen-bond donors (Lipinski definition) is 3. The first-order valence-corrected chi connectivity index (χ1v) is 9.39. The summed E-state index contributed by atoms with van der Waals surface area (Å²) in [4.78, 5) is 5.41. The van der Waals surface area contributed by atoms with Crippen LogP contribution in [-0.4, -0.2) is 31.3 Å². The number of nitrogens with one attached hydrogen (secondary N) is 2. The van der Waals surface area contributed by atoms with Crippen molar-refractivity contribution in [2.45, 2.75) is 32.6 Å². The molecule has 1 aromatic carbocycles. The molecule has 0 aliphatic heterocycles. The quantitative estimate of drug-likeness (QED) is 0.290. The number of guanidine groups is 1. The number of aliphatic hydroxyl groups is 1. The van der Waals surface area contributed by atoms with Gasteiger partial charge >= 0.3 is 0 Å². The van der Waals surface area contributed by atoms with Crippen molar-refractivity contribution in [1.82, 2.24) is 10.6 Å². The Morgan fingerprint density at radius 2 is 2.11 bits per heavy atom. The van der Waals surface area contributed by atoms with Crippen molar-refractivity contribution in [1.29, 1.82) is 0 Å². The van der Waals surface area contributed by atoms with Gasteiger partial charge in [0, 0.05) is 24.1 Å². The van der Waals surface area contributed by atoms with Gasteiger partial charge in [-0.25, -0.2) is 9.38 Å². The minimum atomic E-state index is -0.980. The first-order chi connectivity index (χ1) is 12.5. The molecular formula is C19H27FIN3O2S. The molecule has 0 bridgehead atoms. The van der Waals surface area contributed by atoms with E-state index in [-0.39, 0.29) is 36.4 Å². The monoisotopic (exact) mass is 507 g/mol. The Labute approximate surface area is 181 Å². The standard InChI is InChI=1S/C19H26FN3O2S.HI/c1-4-21-18(23-13-19(2,24)17-6-5-9-26-17)22-11-14-7-8-16(20)15(10-14)12-25-3;/h5-10,24H,4,11-13H2,1-3H3,(H2,21,22,23);1H. The van der Waals surface area contributed by atoms with Gasteiger partial charge in [0.15, 0.2) is 5.96 Å². The van der Waals surface area contributed by atoms with E-state index in [0.717, 1.165) is 10.4 Å². The molecule has 0 fully saturated rings. The average Bonchev–Trinajstić information content (AvgIpc) is 3.16. The van der Waals surface area contributed by atoms with Gasteiger partial charge in [0.1, 0.15) is 11.4 Å². The van der Waals surface area contributed by atoms with Crippen LogP contribution in [0.2, 0.25) is 0 Å². The Morgan fingerprint density at radius 1 is 1.33 bits per heavy atom. The van der Waals surface area contributed by atoms with Crippen molar-refractivity contribution in [3.63, 3.8) is 0 Å². The summed E-state index contributed by atoms with van der Waals surface area (Å²) in [6.45, 7) is 5.40. The molecule has 0 radical (unpaired) electrons. The fourth-order valence-corrected chi connectivity index (χ4v) is 3.22. The fourth-order valence-electron chi connectivity index (χ4n) is 2.43. The SMILES string of the molecule is CCNC(=NCc1ccc(F)c(COC)c1)NCC(C)(O)c1cccs1.I. The summed E-state index contributed by atoms with van der Waals surface area (Å²) in [7, 11) is 1.54. The Hall–Kier alpha value is -1.23. The predicted molar refractivity (Wildman–Crippen MR) is 119 cm³/mol. The number of aliphatic imine (C=N–C) groups is 1. The van der Waals surface area contributed by atoms with Gasteiger partial charge in [-0.2, -0.15) is 0 Å². The number of hydrogen-bond acceptors (Lipinski definition) is 4. The van der Waals surface area contributed by atoms with Gasteiger partial charge in [-0.15, -0.1) is 35.3 Å². The number of halogens is 2. The largest absolute Gasteiger partial charge is 0.383 e. The Morgan fingerprint density at radius 3 is 2.74 bits per heavy atom. The summed E-state index contributed by atoms with van der Waals surface area (Å²) in [6, 6.07) is 8.73. The van der Waals surface area contributed by atoms with Crippen LogP contribution in [0.15, 0.2) is 40.7 Å². The molecule has 5 nitrogen and oxygen atoms in total. The highest BCUT2D eigenvalue weighted by atomic mass is 127. The molecule has 8 heteroatoms. The van der Waals surface area contributed by atoms with Crippen LogP contribution in [0.3, 0.4) is 0 Å². The lowest BCUT2D eigenvalue weighted by atomic mass is 10.1. The molecule has 2 aromatic rings. The number of thiophene rings is 1. The van der Waals surface area contributed by atoms with Gasteiger partial charge in [0.25, 0.3) is 0 Å². The third-order valence-corrected chi connectivity index (χ3v) is 4.95. The van der Waals surface area contributed by atoms with E-state index in [1.54, 1.807) is 19.1 Å². The summed E-state index contributed by atoms with van der Waals surface area (Å²) in [5.41, 5.74) is 0.422. The van der Waals surface area contributed by atoms with Crippen molar-refractivity contribution in [3.05, 3.63) is 57.5 Å². The van der Waals surface area contributed by atoms with Crippen molar-refractivity contribution >= 4 is 41.3 Å². The second-order valence-electron chi connectivity index (χ2n) is 6.16. The molecule has 0 aliphatic carbocycles. The molecule has 1 aromatic heterocycles. The fraction of sp³-hybridized carbons (Fsp3) is 0.421. The lowest BCUT2D eigenvalue weighted by Crippen LogP contribution is -2.44. The second kappa shape index (κ2) is 11.6. The van der Waals surface area contributed by atoms with Crippen LogP contribution in [0.1, 0.15) is 29.9 Å². The molecule has 0 spiro atoms. The van der Waals surface area contributed by atoms with Gasteiger partial charge in [0.2, 0.25) is 0 Å². The first kappa shape index (κ1) is 23.8. The average molecular weight is 507 g/mol. The lowest BCUT2D eigenvalue weighted by molar-refractivity contribution is 0.0655. The summed E-state index contributed by atoms with van der Waals surface area (Å²) in [6.07, 6.45) is 0. The highest BCUT2D eigenvalue weighted by Gasteiger charge is 2.24. The van der Waals surface area contributed by atoms with Gasteiger partial charge in [-0.1, -0.05) is 12.1 Å². The van der Waals surface area contributed by atoms with Crippen LogP contribution in [0.5, 0.6) is 0 Å². The number of methoxy groups -OCH3 is 1. The van der Waals surface area contributed by atoms with E-state index in [1.807, 2.05) is 24.4 Å². The number of rotatable bonds is 8. The topological polar surface area (TPSA) is 65.9 Å². The van der Waals surface area contributed by atoms with Crippen LogP contribution >= 0.6 is 35.3 Å². The molecule has 1 heterocycles. The molecule has 0 saturated heterocycles. The predicted octanol–water partition coefficient (Wildman–Crippen LogP) is 3.61. The highest BCUT2D eigenvalue weighted by molar-refractivity contribution is 14.0. The smallest absolute Gasteiger partial charge is 0.191 e. The Balaban J connectivity index is 0.00000364. The zero-order chi connectivity index (χ0) is 19.0. The van der Waals surface area contributed by atoms with Crippen LogP contribution in [0.25, 0.3) is 0 Å². The molecule has 2 rings (SSSR count). The maximum atomic E-state index is 13.7. The zero-order valence-corrected chi connectivity index (χ0v) is 18.9. The van der Waals surface area contributed by atoms with Crippen LogP contribution in [-0.2, 0) is 23.5 Å². The third-order valence-electron chi connectivity index (χ3n) is 3.83. The van der Waals surface area contributed by atoms with Crippen LogP contribution < -0.4 is 10.6 Å². The molecule has 1 unspecified atom stereocenters. The minimum Gasteiger partial charge on any atom is -0.383 e. The van der Waals surface area contributed by atoms with Crippen LogP contribution in [0.4, 0.5) is 4.39 Å². The zero-order valence-electron chi connectivity index (χ0n) is 15.8. The van der Waals surface area contributed by atoms with Crippen LogP contribution in [0, 0.1) is 5.82 Å². The lowest BCUT2D eigenvalue weighted by Gasteiger charge is -2.23. The first-order valence-electron chi connectivity index (χ1n) is 8.51.